The van der Waals surface area contributed by atoms with Gasteiger partial charge in [-0.25, -0.2) is 0 Å². The predicted octanol–water partition coefficient (Wildman–Crippen LogP) is 4.71. The molecular weight excluding hydrogens is 446 g/mol. The van der Waals surface area contributed by atoms with E-state index in [2.05, 4.69) is 5.32 Å². The first kappa shape index (κ1) is 22.3. The number of thiophene rings is 1. The van der Waals surface area contributed by atoms with Crippen LogP contribution in [0.15, 0.2) is 66.7 Å². The van der Waals surface area contributed by atoms with Crippen molar-refractivity contribution in [1.82, 2.24) is 5.32 Å². The van der Waals surface area contributed by atoms with Crippen molar-refractivity contribution in [3.05, 3.63) is 71.6 Å². The Hall–Kier alpha value is -3.45. The van der Waals surface area contributed by atoms with Crippen LogP contribution in [-0.4, -0.2) is 37.4 Å². The van der Waals surface area contributed by atoms with Gasteiger partial charge >= 0.3 is 0 Å². The first-order valence-corrected chi connectivity index (χ1v) is 12.5. The summed E-state index contributed by atoms with van der Waals surface area (Å²) >= 11 is 1.47. The largest absolute Gasteiger partial charge is 0.351 e. The van der Waals surface area contributed by atoms with Crippen LogP contribution < -0.4 is 15.1 Å². The summed E-state index contributed by atoms with van der Waals surface area (Å²) in [5.41, 5.74) is 2.81. The van der Waals surface area contributed by atoms with Crippen LogP contribution in [0.25, 0.3) is 10.4 Å². The minimum absolute atomic E-state index is 0.0588. The topological polar surface area (TPSA) is 69.7 Å². The Morgan fingerprint density at radius 3 is 2.35 bits per heavy atom. The second-order valence-electron chi connectivity index (χ2n) is 8.83. The summed E-state index contributed by atoms with van der Waals surface area (Å²) in [7, 11) is 0. The molecule has 2 aromatic carbocycles. The molecule has 0 saturated carbocycles. The number of hydrogen-bond acceptors (Lipinski definition) is 4. The van der Waals surface area contributed by atoms with Crippen molar-refractivity contribution in [2.75, 3.05) is 29.4 Å². The van der Waals surface area contributed by atoms with Crippen LogP contribution in [0.1, 0.15) is 35.4 Å². The minimum atomic E-state index is -0.103. The SMILES string of the molecule is O=C(NCC1CC(=O)N(c2ccc(N3CCCCC3=O)cc2)C1)c1ccc(-c2ccccc2)s1. The molecule has 2 fully saturated rings. The van der Waals surface area contributed by atoms with Gasteiger partial charge in [0, 0.05) is 54.6 Å². The zero-order chi connectivity index (χ0) is 23.5. The Bertz CT molecular complexity index is 1190. The third-order valence-electron chi connectivity index (χ3n) is 6.44. The summed E-state index contributed by atoms with van der Waals surface area (Å²) in [6.45, 7) is 1.78. The summed E-state index contributed by atoms with van der Waals surface area (Å²) < 4.78 is 0. The molecule has 3 heterocycles. The number of amides is 3. The van der Waals surface area contributed by atoms with Gasteiger partial charge in [0.1, 0.15) is 0 Å². The second kappa shape index (κ2) is 9.81. The highest BCUT2D eigenvalue weighted by atomic mass is 32.1. The molecule has 7 heteroatoms. The van der Waals surface area contributed by atoms with Crippen molar-refractivity contribution in [1.29, 1.82) is 0 Å². The summed E-state index contributed by atoms with van der Waals surface area (Å²) in [5.74, 6) is 0.180. The molecule has 3 amide bonds. The van der Waals surface area contributed by atoms with E-state index in [0.29, 0.717) is 30.8 Å². The van der Waals surface area contributed by atoms with E-state index in [1.807, 2.05) is 71.6 Å². The number of piperidine rings is 1. The number of nitrogens with one attached hydrogen (secondary N) is 1. The quantitative estimate of drug-likeness (QED) is 0.564. The van der Waals surface area contributed by atoms with Crippen molar-refractivity contribution >= 4 is 40.4 Å². The zero-order valence-electron chi connectivity index (χ0n) is 18.9. The molecule has 2 aliphatic heterocycles. The molecule has 0 radical (unpaired) electrons. The Labute approximate surface area is 203 Å². The molecule has 3 aromatic rings. The Balaban J connectivity index is 1.17. The van der Waals surface area contributed by atoms with Crippen molar-refractivity contribution in [3.8, 4) is 10.4 Å². The predicted molar refractivity (Wildman–Crippen MR) is 135 cm³/mol. The van der Waals surface area contributed by atoms with Crippen molar-refractivity contribution < 1.29 is 14.4 Å². The van der Waals surface area contributed by atoms with Gasteiger partial charge in [0.05, 0.1) is 4.88 Å². The van der Waals surface area contributed by atoms with Gasteiger partial charge < -0.3 is 15.1 Å². The molecular formula is C27H27N3O3S. The highest BCUT2D eigenvalue weighted by Gasteiger charge is 2.31. The zero-order valence-corrected chi connectivity index (χ0v) is 19.7. The summed E-state index contributed by atoms with van der Waals surface area (Å²) in [6.07, 6.45) is 2.98. The van der Waals surface area contributed by atoms with Gasteiger partial charge in [0.2, 0.25) is 11.8 Å². The van der Waals surface area contributed by atoms with Crippen LogP contribution in [0.4, 0.5) is 11.4 Å². The summed E-state index contributed by atoms with van der Waals surface area (Å²) in [4.78, 5) is 42.8. The number of rotatable bonds is 6. The summed E-state index contributed by atoms with van der Waals surface area (Å²) in [6, 6.07) is 21.5. The van der Waals surface area contributed by atoms with Crippen LogP contribution in [0.2, 0.25) is 0 Å². The number of hydrogen-bond donors (Lipinski definition) is 1. The van der Waals surface area contributed by atoms with Gasteiger partial charge in [-0.2, -0.15) is 0 Å². The van der Waals surface area contributed by atoms with Crippen molar-refractivity contribution in [2.24, 2.45) is 5.92 Å². The van der Waals surface area contributed by atoms with Crippen LogP contribution >= 0.6 is 11.3 Å². The van der Waals surface area contributed by atoms with Gasteiger partial charge in [-0.3, -0.25) is 14.4 Å². The van der Waals surface area contributed by atoms with E-state index in [1.54, 1.807) is 4.90 Å². The molecule has 0 spiro atoms. The van der Waals surface area contributed by atoms with Crippen molar-refractivity contribution in [3.63, 3.8) is 0 Å². The molecule has 0 bridgehead atoms. The standard InChI is InChI=1S/C27H27N3O3S/c31-25-8-4-5-15-29(25)21-9-11-22(12-10-21)30-18-19(16-26(30)32)17-28-27(33)24-14-13-23(34-24)20-6-2-1-3-7-20/h1-3,6-7,9-14,19H,4-5,8,15-18H2,(H,28,33). The Kier molecular flexibility index (Phi) is 6.45. The molecule has 1 N–H and O–H groups in total. The number of nitrogens with zero attached hydrogens (tertiary/aromatic N) is 2. The van der Waals surface area contributed by atoms with E-state index in [9.17, 15) is 14.4 Å². The lowest BCUT2D eigenvalue weighted by atomic mass is 10.1. The maximum atomic E-state index is 12.7. The number of carbonyl (C=O) groups excluding carboxylic acids is 3. The van der Waals surface area contributed by atoms with E-state index in [1.165, 1.54) is 11.3 Å². The van der Waals surface area contributed by atoms with Crippen LogP contribution in [-0.2, 0) is 9.59 Å². The van der Waals surface area contributed by atoms with E-state index in [4.69, 9.17) is 0 Å². The lowest BCUT2D eigenvalue weighted by Crippen LogP contribution is -2.35. The molecule has 2 saturated heterocycles. The summed E-state index contributed by atoms with van der Waals surface area (Å²) in [5, 5.41) is 3.00. The molecule has 1 atom stereocenters. The van der Waals surface area contributed by atoms with E-state index < -0.39 is 0 Å². The average Bonchev–Trinajstić information content (AvgIpc) is 3.51. The van der Waals surface area contributed by atoms with Gasteiger partial charge in [-0.05, 0) is 54.8 Å². The van der Waals surface area contributed by atoms with Crippen LogP contribution in [0, 0.1) is 5.92 Å². The monoisotopic (exact) mass is 473 g/mol. The van der Waals surface area contributed by atoms with Gasteiger partial charge in [0.15, 0.2) is 0 Å². The normalized spacial score (nSPS) is 18.4. The van der Waals surface area contributed by atoms with Gasteiger partial charge in [-0.15, -0.1) is 11.3 Å². The fourth-order valence-corrected chi connectivity index (χ4v) is 5.53. The third-order valence-corrected chi connectivity index (χ3v) is 7.57. The van der Waals surface area contributed by atoms with E-state index in [-0.39, 0.29) is 23.6 Å². The molecule has 0 aliphatic carbocycles. The van der Waals surface area contributed by atoms with E-state index >= 15 is 0 Å². The molecule has 174 valence electrons. The fourth-order valence-electron chi connectivity index (χ4n) is 4.60. The molecule has 34 heavy (non-hydrogen) atoms. The highest BCUT2D eigenvalue weighted by molar-refractivity contribution is 7.17. The molecule has 6 nitrogen and oxygen atoms in total. The second-order valence-corrected chi connectivity index (χ2v) is 9.92. The first-order chi connectivity index (χ1) is 16.6. The smallest absolute Gasteiger partial charge is 0.261 e. The van der Waals surface area contributed by atoms with Crippen LogP contribution in [0.5, 0.6) is 0 Å². The lowest BCUT2D eigenvalue weighted by Gasteiger charge is -2.27. The highest BCUT2D eigenvalue weighted by Crippen LogP contribution is 2.30. The minimum Gasteiger partial charge on any atom is -0.351 e. The third kappa shape index (κ3) is 4.75. The molecule has 5 rings (SSSR count). The number of carbonyl (C=O) groups is 3. The van der Waals surface area contributed by atoms with E-state index in [0.717, 1.165) is 41.2 Å². The number of anilines is 2. The first-order valence-electron chi connectivity index (χ1n) is 11.7. The van der Waals surface area contributed by atoms with Crippen LogP contribution in [0.3, 0.4) is 0 Å². The molecule has 1 aromatic heterocycles. The lowest BCUT2D eigenvalue weighted by molar-refractivity contribution is -0.119. The average molecular weight is 474 g/mol. The Morgan fingerprint density at radius 1 is 0.882 bits per heavy atom. The van der Waals surface area contributed by atoms with Crippen molar-refractivity contribution in [2.45, 2.75) is 25.7 Å². The number of benzene rings is 2. The maximum Gasteiger partial charge on any atom is 0.261 e. The van der Waals surface area contributed by atoms with Gasteiger partial charge in [0.25, 0.3) is 5.91 Å². The fraction of sp³-hybridized carbons (Fsp3) is 0.296. The maximum absolute atomic E-state index is 12.7. The molecule has 2 aliphatic rings. The Morgan fingerprint density at radius 2 is 1.62 bits per heavy atom. The van der Waals surface area contributed by atoms with Gasteiger partial charge in [-0.1, -0.05) is 30.3 Å². The molecule has 1 unspecified atom stereocenters.